The number of anilines is 1. The Morgan fingerprint density at radius 3 is 2.13 bits per heavy atom. The van der Waals surface area contributed by atoms with Crippen LogP contribution in [0.2, 0.25) is 0 Å². The fraction of sp³-hybridized carbons (Fsp3) is 0.143. The summed E-state index contributed by atoms with van der Waals surface area (Å²) in [5.74, 6) is -0.903. The number of imide groups is 1. The summed E-state index contributed by atoms with van der Waals surface area (Å²) < 4.78 is 45.9. The zero-order chi connectivity index (χ0) is 21.9. The number of halogens is 3. The molecule has 2 amide bonds. The van der Waals surface area contributed by atoms with Crippen LogP contribution in [0, 0.1) is 0 Å². The number of ether oxygens (including phenoxy) is 2. The standard InChI is InChI=1S/C21H17F3N2O4/c1-3-12-26-19(27)17(13-4-8-15(29-2)9-5-13)18(20(26)28)25-14-6-10-16(11-7-14)30-21(22,23)24/h3-11,25H,1,12H2,2H3. The zero-order valence-corrected chi connectivity index (χ0v) is 15.8. The van der Waals surface area contributed by atoms with E-state index in [0.29, 0.717) is 17.0 Å². The summed E-state index contributed by atoms with van der Waals surface area (Å²) in [5.41, 5.74) is 0.948. The molecule has 0 bridgehead atoms. The first-order valence-electron chi connectivity index (χ1n) is 8.72. The predicted octanol–water partition coefficient (Wildman–Crippen LogP) is 3.97. The maximum atomic E-state index is 12.9. The maximum absolute atomic E-state index is 12.9. The lowest BCUT2D eigenvalue weighted by Crippen LogP contribution is -2.32. The van der Waals surface area contributed by atoms with Crippen LogP contribution in [0.15, 0.2) is 66.9 Å². The van der Waals surface area contributed by atoms with E-state index in [4.69, 9.17) is 4.74 Å². The van der Waals surface area contributed by atoms with Crippen LogP contribution in [0.3, 0.4) is 0 Å². The first-order chi connectivity index (χ1) is 14.2. The second kappa shape index (κ2) is 8.32. The van der Waals surface area contributed by atoms with Crippen LogP contribution in [0.5, 0.6) is 11.5 Å². The van der Waals surface area contributed by atoms with Crippen molar-refractivity contribution in [2.24, 2.45) is 0 Å². The number of methoxy groups -OCH3 is 1. The average Bonchev–Trinajstić information content (AvgIpc) is 2.93. The van der Waals surface area contributed by atoms with Crippen LogP contribution in [-0.2, 0) is 9.59 Å². The predicted molar refractivity (Wildman–Crippen MR) is 104 cm³/mol. The first kappa shape index (κ1) is 21.0. The lowest BCUT2D eigenvalue weighted by molar-refractivity contribution is -0.274. The van der Waals surface area contributed by atoms with Crippen LogP contribution >= 0.6 is 0 Å². The average molecular weight is 418 g/mol. The minimum atomic E-state index is -4.81. The largest absolute Gasteiger partial charge is 0.573 e. The molecule has 0 saturated carbocycles. The third-order valence-electron chi connectivity index (χ3n) is 4.22. The molecule has 1 aliphatic rings. The molecule has 9 heteroatoms. The molecule has 30 heavy (non-hydrogen) atoms. The van der Waals surface area contributed by atoms with Crippen molar-refractivity contribution in [1.29, 1.82) is 0 Å². The van der Waals surface area contributed by atoms with Gasteiger partial charge in [-0.15, -0.1) is 19.8 Å². The number of nitrogens with zero attached hydrogens (tertiary/aromatic N) is 1. The van der Waals surface area contributed by atoms with Crippen LogP contribution in [-0.4, -0.2) is 36.7 Å². The van der Waals surface area contributed by atoms with Gasteiger partial charge in [0.2, 0.25) is 0 Å². The summed E-state index contributed by atoms with van der Waals surface area (Å²) in [6, 6.07) is 11.4. The van der Waals surface area contributed by atoms with E-state index in [9.17, 15) is 22.8 Å². The van der Waals surface area contributed by atoms with Gasteiger partial charge in [-0.1, -0.05) is 18.2 Å². The Kier molecular flexibility index (Phi) is 5.81. The van der Waals surface area contributed by atoms with Crippen molar-refractivity contribution in [3.63, 3.8) is 0 Å². The highest BCUT2D eigenvalue weighted by atomic mass is 19.4. The topological polar surface area (TPSA) is 67.9 Å². The van der Waals surface area contributed by atoms with E-state index < -0.39 is 23.9 Å². The lowest BCUT2D eigenvalue weighted by Gasteiger charge is -2.13. The van der Waals surface area contributed by atoms with E-state index in [2.05, 4.69) is 16.6 Å². The fourth-order valence-corrected chi connectivity index (χ4v) is 2.90. The van der Waals surface area contributed by atoms with E-state index in [-0.39, 0.29) is 17.8 Å². The monoisotopic (exact) mass is 418 g/mol. The molecule has 6 nitrogen and oxygen atoms in total. The van der Waals surface area contributed by atoms with Crippen LogP contribution in [0.4, 0.5) is 18.9 Å². The molecule has 1 heterocycles. The highest BCUT2D eigenvalue weighted by Crippen LogP contribution is 2.32. The highest BCUT2D eigenvalue weighted by molar-refractivity contribution is 6.36. The molecule has 0 radical (unpaired) electrons. The molecule has 0 atom stereocenters. The zero-order valence-electron chi connectivity index (χ0n) is 15.8. The molecule has 0 fully saturated rings. The smallest absolute Gasteiger partial charge is 0.497 e. The van der Waals surface area contributed by atoms with Gasteiger partial charge in [0.1, 0.15) is 17.2 Å². The minimum Gasteiger partial charge on any atom is -0.497 e. The Bertz CT molecular complexity index is 996. The van der Waals surface area contributed by atoms with Crippen molar-refractivity contribution in [2.75, 3.05) is 19.0 Å². The fourth-order valence-electron chi connectivity index (χ4n) is 2.90. The van der Waals surface area contributed by atoms with Gasteiger partial charge in [0.15, 0.2) is 0 Å². The van der Waals surface area contributed by atoms with Crippen LogP contribution < -0.4 is 14.8 Å². The molecule has 0 aliphatic carbocycles. The van der Waals surface area contributed by atoms with Crippen molar-refractivity contribution in [2.45, 2.75) is 6.36 Å². The van der Waals surface area contributed by atoms with Gasteiger partial charge in [-0.25, -0.2) is 0 Å². The van der Waals surface area contributed by atoms with Crippen molar-refractivity contribution in [1.82, 2.24) is 4.90 Å². The molecule has 0 spiro atoms. The number of nitrogens with one attached hydrogen (secondary N) is 1. The van der Waals surface area contributed by atoms with Gasteiger partial charge in [0, 0.05) is 12.2 Å². The highest BCUT2D eigenvalue weighted by Gasteiger charge is 2.38. The van der Waals surface area contributed by atoms with E-state index in [1.165, 1.54) is 25.3 Å². The number of alkyl halides is 3. The van der Waals surface area contributed by atoms with E-state index in [0.717, 1.165) is 17.0 Å². The van der Waals surface area contributed by atoms with E-state index in [1.54, 1.807) is 24.3 Å². The molecular formula is C21H17F3N2O4. The first-order valence-corrected chi connectivity index (χ1v) is 8.72. The van der Waals surface area contributed by atoms with Crippen molar-refractivity contribution in [3.8, 4) is 11.5 Å². The molecule has 2 aromatic carbocycles. The summed E-state index contributed by atoms with van der Waals surface area (Å²) in [4.78, 5) is 26.7. The Morgan fingerprint density at radius 1 is 1.00 bits per heavy atom. The van der Waals surface area contributed by atoms with E-state index in [1.807, 2.05) is 0 Å². The van der Waals surface area contributed by atoms with Crippen molar-refractivity contribution < 1.29 is 32.2 Å². The summed E-state index contributed by atoms with van der Waals surface area (Å²) in [6.45, 7) is 3.57. The third-order valence-corrected chi connectivity index (χ3v) is 4.22. The van der Waals surface area contributed by atoms with Gasteiger partial charge in [-0.05, 0) is 42.0 Å². The molecule has 3 rings (SSSR count). The van der Waals surface area contributed by atoms with Gasteiger partial charge < -0.3 is 14.8 Å². The molecule has 156 valence electrons. The van der Waals surface area contributed by atoms with Crippen LogP contribution in [0.1, 0.15) is 5.56 Å². The quantitative estimate of drug-likeness (QED) is 0.544. The second-order valence-electron chi connectivity index (χ2n) is 6.19. The number of carbonyl (C=O) groups excluding carboxylic acids is 2. The molecule has 0 aromatic heterocycles. The van der Waals surface area contributed by atoms with Gasteiger partial charge >= 0.3 is 6.36 Å². The molecular weight excluding hydrogens is 401 g/mol. The minimum absolute atomic E-state index is 0.0107. The van der Waals surface area contributed by atoms with Crippen molar-refractivity contribution >= 4 is 23.1 Å². The number of hydrogen-bond acceptors (Lipinski definition) is 5. The number of carbonyl (C=O) groups is 2. The van der Waals surface area contributed by atoms with Gasteiger partial charge in [-0.3, -0.25) is 14.5 Å². The van der Waals surface area contributed by atoms with Gasteiger partial charge in [0.05, 0.1) is 12.7 Å². The SMILES string of the molecule is C=CCN1C(=O)C(Nc2ccc(OC(F)(F)F)cc2)=C(c2ccc(OC)cc2)C1=O. The number of rotatable bonds is 7. The van der Waals surface area contributed by atoms with Crippen LogP contribution in [0.25, 0.3) is 5.57 Å². The molecule has 1 N–H and O–H groups in total. The molecule has 1 aliphatic heterocycles. The summed E-state index contributed by atoms with van der Waals surface area (Å²) in [7, 11) is 1.50. The number of amides is 2. The number of hydrogen-bond donors (Lipinski definition) is 1. The van der Waals surface area contributed by atoms with Crippen molar-refractivity contribution in [3.05, 3.63) is 72.4 Å². The second-order valence-corrected chi connectivity index (χ2v) is 6.19. The van der Waals surface area contributed by atoms with Gasteiger partial charge in [-0.2, -0.15) is 0 Å². The maximum Gasteiger partial charge on any atom is 0.573 e. The number of benzene rings is 2. The summed E-state index contributed by atoms with van der Waals surface area (Å²) in [5, 5.41) is 2.84. The molecule has 0 saturated heterocycles. The summed E-state index contributed by atoms with van der Waals surface area (Å²) >= 11 is 0. The molecule has 2 aromatic rings. The Labute approximate surface area is 170 Å². The Hall–Kier alpha value is -3.75. The lowest BCUT2D eigenvalue weighted by atomic mass is 10.0. The van der Waals surface area contributed by atoms with Gasteiger partial charge in [0.25, 0.3) is 11.8 Å². The Balaban J connectivity index is 1.96. The normalized spacial score (nSPS) is 14.2. The Morgan fingerprint density at radius 2 is 1.60 bits per heavy atom. The molecule has 0 unspecified atom stereocenters. The summed E-state index contributed by atoms with van der Waals surface area (Å²) in [6.07, 6.45) is -3.38. The van der Waals surface area contributed by atoms with E-state index >= 15 is 0 Å². The third kappa shape index (κ3) is 4.45.